The van der Waals surface area contributed by atoms with Gasteiger partial charge in [-0.25, -0.2) is 4.98 Å². The van der Waals surface area contributed by atoms with Crippen molar-refractivity contribution in [2.75, 3.05) is 24.7 Å². The van der Waals surface area contributed by atoms with Crippen molar-refractivity contribution in [3.8, 4) is 16.9 Å². The number of nitrogens with zero attached hydrogens (tertiary/aromatic N) is 4. The van der Waals surface area contributed by atoms with Crippen LogP contribution >= 0.6 is 11.3 Å². The maximum atomic E-state index is 13.2. The van der Waals surface area contributed by atoms with Crippen molar-refractivity contribution in [2.24, 2.45) is 7.05 Å². The number of ether oxygens (including phenoxy) is 1. The second kappa shape index (κ2) is 12.0. The molecule has 0 aliphatic carbocycles. The lowest BCUT2D eigenvalue weighted by molar-refractivity contribution is 0.101. The van der Waals surface area contributed by atoms with Gasteiger partial charge in [-0.3, -0.25) is 14.8 Å². The number of thiophene rings is 1. The van der Waals surface area contributed by atoms with Crippen LogP contribution in [0.25, 0.3) is 38.2 Å². The number of pyridine rings is 1. The van der Waals surface area contributed by atoms with Gasteiger partial charge in [0.05, 0.1) is 24.2 Å². The van der Waals surface area contributed by atoms with Crippen LogP contribution in [-0.4, -0.2) is 39.1 Å². The number of benzene rings is 2. The molecule has 0 aliphatic rings. The Morgan fingerprint density at radius 1 is 1.09 bits per heavy atom. The van der Waals surface area contributed by atoms with Gasteiger partial charge < -0.3 is 25.7 Å². The van der Waals surface area contributed by atoms with Gasteiger partial charge in [-0.15, -0.1) is 11.3 Å². The zero-order chi connectivity index (χ0) is 29.9. The van der Waals surface area contributed by atoms with E-state index in [9.17, 15) is 4.79 Å². The minimum Gasteiger partial charge on any atom is -0.495 e. The number of hydrogen-bond donors (Lipinski definition) is 3. The Morgan fingerprint density at radius 2 is 1.95 bits per heavy atom. The molecule has 9 nitrogen and oxygen atoms in total. The third-order valence-corrected chi connectivity index (χ3v) is 8.33. The van der Waals surface area contributed by atoms with Crippen molar-refractivity contribution in [1.29, 1.82) is 0 Å². The predicted molar refractivity (Wildman–Crippen MR) is 174 cm³/mol. The highest BCUT2D eigenvalue weighted by atomic mass is 32.1. The molecular formula is C33H31N7O2S. The van der Waals surface area contributed by atoms with E-state index in [0.717, 1.165) is 49.1 Å². The summed E-state index contributed by atoms with van der Waals surface area (Å²) in [6.45, 7) is 3.23. The molecule has 0 radical (unpaired) electrons. The van der Waals surface area contributed by atoms with Gasteiger partial charge >= 0.3 is 0 Å². The first-order chi connectivity index (χ1) is 20.9. The molecular weight excluding hydrogens is 558 g/mol. The van der Waals surface area contributed by atoms with Gasteiger partial charge in [0.2, 0.25) is 0 Å². The third-order valence-electron chi connectivity index (χ3n) is 7.30. The molecule has 0 bridgehead atoms. The van der Waals surface area contributed by atoms with Crippen LogP contribution in [0, 0.1) is 6.92 Å². The second-order valence-electron chi connectivity index (χ2n) is 10.2. The fraction of sp³-hybridized carbons (Fsp3) is 0.152. The van der Waals surface area contributed by atoms with Gasteiger partial charge in [-0.2, -0.15) is 0 Å². The maximum absolute atomic E-state index is 13.2. The monoisotopic (exact) mass is 589 g/mol. The summed E-state index contributed by atoms with van der Waals surface area (Å²) in [6, 6.07) is 15.5. The van der Waals surface area contributed by atoms with E-state index in [1.807, 2.05) is 67.1 Å². The number of anilines is 2. The Bertz CT molecular complexity index is 1980. The third kappa shape index (κ3) is 5.70. The average Bonchev–Trinajstić information content (AvgIpc) is 3.62. The summed E-state index contributed by atoms with van der Waals surface area (Å²) >= 11 is 1.62. The Hall–Kier alpha value is -5.06. The Morgan fingerprint density at radius 3 is 2.74 bits per heavy atom. The van der Waals surface area contributed by atoms with E-state index in [4.69, 9.17) is 10.5 Å². The molecule has 216 valence electrons. The normalized spacial score (nSPS) is 11.5. The number of amides is 1. The molecule has 43 heavy (non-hydrogen) atoms. The number of methoxy groups -OCH3 is 1. The second-order valence-corrected chi connectivity index (χ2v) is 11.0. The largest absolute Gasteiger partial charge is 0.495 e. The van der Waals surface area contributed by atoms with Gasteiger partial charge in [-0.05, 0) is 42.1 Å². The number of hydrogen-bond acceptors (Lipinski definition) is 8. The molecule has 0 atom stereocenters. The van der Waals surface area contributed by atoms with Gasteiger partial charge in [-0.1, -0.05) is 36.4 Å². The fourth-order valence-corrected chi connectivity index (χ4v) is 6.13. The molecule has 4 heterocycles. The topological polar surface area (TPSA) is 120 Å². The summed E-state index contributed by atoms with van der Waals surface area (Å²) in [4.78, 5) is 26.4. The van der Waals surface area contributed by atoms with Gasteiger partial charge in [0.25, 0.3) is 5.91 Å². The molecule has 10 heteroatoms. The molecule has 4 aromatic heterocycles. The predicted octanol–water partition coefficient (Wildman–Crippen LogP) is 6.20. The fourth-order valence-electron chi connectivity index (χ4n) is 5.05. The number of nitrogens with two attached hydrogens (primary N) is 1. The maximum Gasteiger partial charge on any atom is 0.272 e. The van der Waals surface area contributed by atoms with E-state index in [-0.39, 0.29) is 5.91 Å². The first-order valence-electron chi connectivity index (χ1n) is 13.8. The number of carbonyl (C=O) groups is 1. The summed E-state index contributed by atoms with van der Waals surface area (Å²) in [6.07, 6.45) is 9.46. The van der Waals surface area contributed by atoms with Gasteiger partial charge in [0.1, 0.15) is 17.3 Å². The number of aromatic nitrogens is 4. The van der Waals surface area contributed by atoms with Crippen molar-refractivity contribution in [3.63, 3.8) is 0 Å². The van der Waals surface area contributed by atoms with E-state index in [1.54, 1.807) is 37.0 Å². The highest BCUT2D eigenvalue weighted by Gasteiger charge is 2.18. The van der Waals surface area contributed by atoms with Gasteiger partial charge in [0, 0.05) is 70.8 Å². The van der Waals surface area contributed by atoms with Crippen LogP contribution in [-0.2, 0) is 13.6 Å². The summed E-state index contributed by atoms with van der Waals surface area (Å²) in [5, 5.41) is 10.4. The molecule has 0 unspecified atom stereocenters. The first kappa shape index (κ1) is 28.1. The molecule has 0 saturated carbocycles. The van der Waals surface area contributed by atoms with E-state index >= 15 is 0 Å². The molecule has 6 aromatic rings. The Labute approximate surface area is 253 Å². The number of para-hydroxylation sites is 1. The number of aryl methyl sites for hydroxylation is 2. The molecule has 1 amide bonds. The molecule has 6 rings (SSSR count). The van der Waals surface area contributed by atoms with Crippen molar-refractivity contribution >= 4 is 55.8 Å². The molecule has 0 saturated heterocycles. The standard InChI is InChI=1S/C33H31N7O2S/c1-20-15-37-24(18-36-20)17-35-12-6-8-23-16-38-32(34)30-25(19-43-31(23)30)21-10-11-26(29(14-21)42-3)39-33(41)28-13-22-7-4-5-9-27(22)40(28)2/h4-11,13-16,18-19,35H,12,17H2,1-3H3,(H2,34,38)(H,39,41)/b8-6+. The van der Waals surface area contributed by atoms with Crippen molar-refractivity contribution in [1.82, 2.24) is 24.8 Å². The van der Waals surface area contributed by atoms with Crippen LogP contribution in [0.3, 0.4) is 0 Å². The molecule has 2 aromatic carbocycles. The van der Waals surface area contributed by atoms with E-state index < -0.39 is 0 Å². The van der Waals surface area contributed by atoms with Crippen LogP contribution in [0.1, 0.15) is 27.4 Å². The van der Waals surface area contributed by atoms with Crippen LogP contribution in [0.15, 0.2) is 78.6 Å². The lowest BCUT2D eigenvalue weighted by Gasteiger charge is -2.13. The summed E-state index contributed by atoms with van der Waals surface area (Å²) in [7, 11) is 3.48. The lowest BCUT2D eigenvalue weighted by atomic mass is 10.0. The van der Waals surface area contributed by atoms with Crippen LogP contribution in [0.4, 0.5) is 11.5 Å². The number of nitrogens with one attached hydrogen (secondary N) is 2. The van der Waals surface area contributed by atoms with Crippen LogP contribution in [0.5, 0.6) is 5.75 Å². The number of rotatable bonds is 9. The summed E-state index contributed by atoms with van der Waals surface area (Å²) < 4.78 is 8.64. The van der Waals surface area contributed by atoms with E-state index in [0.29, 0.717) is 36.0 Å². The van der Waals surface area contributed by atoms with E-state index in [2.05, 4.69) is 43.1 Å². The lowest BCUT2D eigenvalue weighted by Crippen LogP contribution is -2.16. The molecule has 0 spiro atoms. The molecule has 4 N–H and O–H groups in total. The first-order valence-corrected chi connectivity index (χ1v) is 14.7. The molecule has 0 aliphatic heterocycles. The molecule has 0 fully saturated rings. The van der Waals surface area contributed by atoms with Crippen LogP contribution in [0.2, 0.25) is 0 Å². The van der Waals surface area contributed by atoms with Crippen molar-refractivity contribution in [3.05, 3.63) is 101 Å². The smallest absolute Gasteiger partial charge is 0.272 e. The SMILES string of the molecule is COc1cc(-c2csc3c(/C=C/CNCc4cnc(C)cn4)cnc(N)c23)ccc1NC(=O)c1cc2ccccc2n1C. The minimum atomic E-state index is -0.211. The van der Waals surface area contributed by atoms with Gasteiger partial charge in [0.15, 0.2) is 0 Å². The summed E-state index contributed by atoms with van der Waals surface area (Å²) in [5.74, 6) is 0.805. The Kier molecular flexibility index (Phi) is 7.86. The van der Waals surface area contributed by atoms with E-state index in [1.165, 1.54) is 0 Å². The summed E-state index contributed by atoms with van der Waals surface area (Å²) in [5.41, 5.74) is 13.2. The zero-order valence-corrected chi connectivity index (χ0v) is 24.9. The highest BCUT2D eigenvalue weighted by Crippen LogP contribution is 2.41. The number of fused-ring (bicyclic) bond motifs is 2. The number of nitrogen functional groups attached to an aromatic ring is 1. The van der Waals surface area contributed by atoms with Crippen molar-refractivity contribution in [2.45, 2.75) is 13.5 Å². The quantitative estimate of drug-likeness (QED) is 0.172. The average molecular weight is 590 g/mol. The van der Waals surface area contributed by atoms with Crippen LogP contribution < -0.4 is 21.1 Å². The van der Waals surface area contributed by atoms with Crippen molar-refractivity contribution < 1.29 is 9.53 Å². The zero-order valence-electron chi connectivity index (χ0n) is 24.1. The highest BCUT2D eigenvalue weighted by molar-refractivity contribution is 7.18. The minimum absolute atomic E-state index is 0.211. The number of carbonyl (C=O) groups excluding carboxylic acids is 1. The Balaban J connectivity index is 1.21.